The Bertz CT molecular complexity index is 45.2. The van der Waals surface area contributed by atoms with E-state index < -0.39 is 0 Å². The molecule has 0 bridgehead atoms. The van der Waals surface area contributed by atoms with Crippen LogP contribution in [0.1, 0.15) is 62.3 Å². The van der Waals surface area contributed by atoms with Crippen LogP contribution in [0, 0.1) is 25.2 Å². The summed E-state index contributed by atoms with van der Waals surface area (Å²) in [4.78, 5) is 0. The van der Waals surface area contributed by atoms with E-state index in [-0.39, 0.29) is 84.2 Å². The maximum absolute atomic E-state index is 2.08. The first-order chi connectivity index (χ1) is 5.20. The van der Waals surface area contributed by atoms with Gasteiger partial charge >= 0.3 is 18.6 Å². The van der Waals surface area contributed by atoms with Crippen molar-refractivity contribution in [2.24, 2.45) is 0 Å². The first-order valence-corrected chi connectivity index (χ1v) is 4.50. The molecule has 0 aliphatic carbocycles. The van der Waals surface area contributed by atoms with E-state index in [1.165, 1.54) is 17.8 Å². The Labute approximate surface area is 163 Å². The van der Waals surface area contributed by atoms with Gasteiger partial charge in [-0.1, -0.05) is 0 Å². The summed E-state index contributed by atoms with van der Waals surface area (Å²) in [6, 6.07) is 0. The summed E-state index contributed by atoms with van der Waals surface area (Å²) in [5.74, 6) is 4.25. The standard InChI is InChI=1S/3C4H9.CH3.3V.W/c3*1-4(2)3;;;;;/h3*1-3H3;1H3;;;;/q4*-1;;;+2;. The molecule has 0 fully saturated rings. The van der Waals surface area contributed by atoms with E-state index >= 15 is 0 Å². The third kappa shape index (κ3) is 836. The fourth-order valence-electron chi connectivity index (χ4n) is 0. The second-order valence-electron chi connectivity index (χ2n) is 4.50. The minimum Gasteiger partial charge on any atom is -0.358 e. The summed E-state index contributed by atoms with van der Waals surface area (Å²) >= 11 is 0. The van der Waals surface area contributed by atoms with E-state index in [0.29, 0.717) is 0 Å². The van der Waals surface area contributed by atoms with Crippen LogP contribution in [0.3, 0.4) is 0 Å². The van der Waals surface area contributed by atoms with Crippen LogP contribution in [0.2, 0.25) is 0 Å². The molecule has 17 heavy (non-hydrogen) atoms. The van der Waals surface area contributed by atoms with E-state index in [1.807, 2.05) is 0 Å². The normalized spacial score (nSPS) is 6.35. The first-order valence-electron chi connectivity index (χ1n) is 4.50. The van der Waals surface area contributed by atoms with Crippen molar-refractivity contribution in [3.63, 3.8) is 0 Å². The number of rotatable bonds is 0. The zero-order valence-electron chi connectivity index (χ0n) is 13.2. The van der Waals surface area contributed by atoms with E-state index in [4.69, 9.17) is 0 Å². The van der Waals surface area contributed by atoms with E-state index in [2.05, 4.69) is 62.3 Å². The van der Waals surface area contributed by atoms with Crippen molar-refractivity contribution in [2.75, 3.05) is 0 Å². The third-order valence-electron chi connectivity index (χ3n) is 0. The Morgan fingerprint density at radius 1 is 0.471 bits per heavy atom. The van der Waals surface area contributed by atoms with Crippen molar-refractivity contribution >= 4 is 0 Å². The van der Waals surface area contributed by atoms with Gasteiger partial charge in [0.1, 0.15) is 0 Å². The first kappa shape index (κ1) is 50.5. The molecule has 0 amide bonds. The number of hydrogen-bond acceptors (Lipinski definition) is 0. The van der Waals surface area contributed by atoms with Gasteiger partial charge in [0.15, 0.2) is 0 Å². The van der Waals surface area contributed by atoms with Gasteiger partial charge in [0.05, 0.1) is 0 Å². The van der Waals surface area contributed by atoms with Crippen LogP contribution in [-0.2, 0) is 76.7 Å². The second kappa shape index (κ2) is 42.9. The topological polar surface area (TPSA) is 0 Å². The molecule has 0 saturated heterocycles. The van der Waals surface area contributed by atoms with Crippen molar-refractivity contribution in [1.82, 2.24) is 0 Å². The monoisotopic (exact) mass is 523 g/mol. The van der Waals surface area contributed by atoms with E-state index in [1.54, 1.807) is 0 Å². The fraction of sp³-hybridized carbons (Fsp3) is 0.692. The van der Waals surface area contributed by atoms with E-state index in [0.717, 1.165) is 0 Å². The zero-order chi connectivity index (χ0) is 10.7. The summed E-state index contributed by atoms with van der Waals surface area (Å²) in [6.45, 7) is 18.8. The number of hydrogen-bond donors (Lipinski definition) is 0. The maximum Gasteiger partial charge on any atom is 2.00 e. The summed E-state index contributed by atoms with van der Waals surface area (Å²) in [6.07, 6.45) is 0. The van der Waals surface area contributed by atoms with Crippen LogP contribution in [0.25, 0.3) is 0 Å². The Morgan fingerprint density at radius 3 is 0.471 bits per heavy atom. The molecule has 0 aliphatic rings. The molecule has 0 unspecified atom stereocenters. The summed E-state index contributed by atoms with van der Waals surface area (Å²) in [5.41, 5.74) is 0. The molecule has 0 nitrogen and oxygen atoms in total. The van der Waals surface area contributed by atoms with Crippen LogP contribution in [-0.4, -0.2) is 0 Å². The predicted octanol–water partition coefficient (Wildman–Crippen LogP) is 5.30. The van der Waals surface area contributed by atoms with Crippen molar-refractivity contribution in [3.8, 4) is 0 Å². The van der Waals surface area contributed by atoms with Gasteiger partial charge in [0.2, 0.25) is 0 Å². The molecule has 0 atom stereocenters. The summed E-state index contributed by atoms with van der Waals surface area (Å²) in [5, 5.41) is 0. The van der Waals surface area contributed by atoms with Gasteiger partial charge in [0.25, 0.3) is 0 Å². The smallest absolute Gasteiger partial charge is 0.358 e. The quantitative estimate of drug-likeness (QED) is 0.379. The molecule has 4 heteroatoms. The van der Waals surface area contributed by atoms with Crippen molar-refractivity contribution in [3.05, 3.63) is 25.2 Å². The van der Waals surface area contributed by atoms with Gasteiger partial charge in [-0.2, -0.15) is 62.3 Å². The van der Waals surface area contributed by atoms with E-state index in [9.17, 15) is 0 Å². The minimum atomic E-state index is 0. The van der Waals surface area contributed by atoms with Gasteiger partial charge in [0, 0.05) is 58.2 Å². The molecule has 0 aliphatic heterocycles. The fourth-order valence-corrected chi connectivity index (χ4v) is 0. The molecule has 0 rings (SSSR count). The van der Waals surface area contributed by atoms with Gasteiger partial charge < -0.3 is 25.2 Å². The summed E-state index contributed by atoms with van der Waals surface area (Å²) in [7, 11) is 0. The second-order valence-corrected chi connectivity index (χ2v) is 4.50. The molecular formula is C13H30V3W-2. The molecular weight excluding hydrogens is 493 g/mol. The van der Waals surface area contributed by atoms with Crippen molar-refractivity contribution in [2.45, 2.75) is 62.3 Å². The Kier molecular flexibility index (Phi) is 127. The molecule has 3 radical (unpaired) electrons. The Hall–Kier alpha value is 2.44. The van der Waals surface area contributed by atoms with Crippen molar-refractivity contribution in [1.29, 1.82) is 0 Å². The SMILES string of the molecule is C[C-](C)C.C[C-](C)C.C[C-](C)C.[CH3-].[V+2].[V].[V].[W]. The molecule has 0 aromatic heterocycles. The Balaban J connectivity index is -0.0000000104. The molecule has 105 valence electrons. The minimum absolute atomic E-state index is 0. The maximum atomic E-state index is 2.08. The summed E-state index contributed by atoms with van der Waals surface area (Å²) < 4.78 is 0. The van der Waals surface area contributed by atoms with Crippen LogP contribution in [0.15, 0.2) is 0 Å². The molecule has 0 aromatic rings. The van der Waals surface area contributed by atoms with Gasteiger partial charge in [-0.25, -0.2) is 0 Å². The largest absolute Gasteiger partial charge is 2.00 e. The van der Waals surface area contributed by atoms with Gasteiger partial charge in [-0.15, -0.1) is 0 Å². The average Bonchev–Trinajstić information content (AvgIpc) is 1.54. The van der Waals surface area contributed by atoms with Crippen LogP contribution >= 0.6 is 0 Å². The van der Waals surface area contributed by atoms with Crippen molar-refractivity contribution < 1.29 is 76.7 Å². The van der Waals surface area contributed by atoms with Crippen LogP contribution in [0.5, 0.6) is 0 Å². The Morgan fingerprint density at radius 2 is 0.471 bits per heavy atom. The average molecular weight is 523 g/mol. The van der Waals surface area contributed by atoms with Gasteiger partial charge in [-0.3, -0.25) is 0 Å². The molecule has 0 saturated carbocycles. The third-order valence-corrected chi connectivity index (χ3v) is 0. The molecule has 0 N–H and O–H groups in total. The van der Waals surface area contributed by atoms with Gasteiger partial charge in [-0.05, 0) is 0 Å². The van der Waals surface area contributed by atoms with Crippen LogP contribution < -0.4 is 0 Å². The molecule has 0 heterocycles. The zero-order valence-corrected chi connectivity index (χ0v) is 20.4. The van der Waals surface area contributed by atoms with Crippen LogP contribution in [0.4, 0.5) is 0 Å². The molecule has 0 aromatic carbocycles. The predicted molar refractivity (Wildman–Crippen MR) is 67.2 cm³/mol. The molecule has 0 spiro atoms.